The van der Waals surface area contributed by atoms with Crippen LogP contribution in [-0.2, 0) is 10.0 Å². The number of hydrazine groups is 1. The minimum Gasteiger partial charge on any atom is -0.257 e. The highest BCUT2D eigenvalue weighted by Gasteiger charge is 2.17. The van der Waals surface area contributed by atoms with Gasteiger partial charge in [0.2, 0.25) is 0 Å². The molecule has 13 heavy (non-hydrogen) atoms. The Hall–Kier alpha value is -0.500. The largest absolute Gasteiger partial charge is 0.257 e. The summed E-state index contributed by atoms with van der Waals surface area (Å²) in [5, 5.41) is 0. The Balaban J connectivity index is 3.38. The lowest BCUT2D eigenvalue weighted by atomic mass is 10.3. The van der Waals surface area contributed by atoms with Gasteiger partial charge in [0.25, 0.3) is 10.0 Å². The second kappa shape index (κ2) is 3.70. The molecule has 0 atom stereocenters. The molecule has 3 N–H and O–H groups in total. The van der Waals surface area contributed by atoms with E-state index in [4.69, 9.17) is 5.84 Å². The first-order chi connectivity index (χ1) is 5.97. The molecular weight excluding hydrogens is 263 g/mol. The number of sulfonamides is 1. The molecule has 7 heteroatoms. The third-order valence-electron chi connectivity index (χ3n) is 1.34. The molecule has 0 fully saturated rings. The minimum atomic E-state index is -3.93. The summed E-state index contributed by atoms with van der Waals surface area (Å²) in [5.74, 6) is 3.89. The second-order valence-corrected chi connectivity index (χ2v) is 4.79. The van der Waals surface area contributed by atoms with E-state index in [1.54, 1.807) is 0 Å². The van der Waals surface area contributed by atoms with Crippen LogP contribution in [0.2, 0.25) is 0 Å². The lowest BCUT2D eigenvalue weighted by Crippen LogP contribution is -2.30. The highest BCUT2D eigenvalue weighted by molar-refractivity contribution is 9.10. The molecular formula is C6H6BrFN2O2S. The Morgan fingerprint density at radius 3 is 2.62 bits per heavy atom. The van der Waals surface area contributed by atoms with Crippen molar-refractivity contribution in [3.8, 4) is 0 Å². The zero-order chi connectivity index (χ0) is 10.1. The van der Waals surface area contributed by atoms with E-state index in [0.29, 0.717) is 4.47 Å². The molecule has 0 aliphatic rings. The first-order valence-corrected chi connectivity index (χ1v) is 5.42. The summed E-state index contributed by atoms with van der Waals surface area (Å²) in [4.78, 5) is 1.05. The highest BCUT2D eigenvalue weighted by atomic mass is 79.9. The first-order valence-electron chi connectivity index (χ1n) is 3.15. The van der Waals surface area contributed by atoms with Crippen LogP contribution in [0.4, 0.5) is 4.39 Å². The fraction of sp³-hybridized carbons (Fsp3) is 0. The van der Waals surface area contributed by atoms with Gasteiger partial charge in [-0.15, -0.1) is 4.83 Å². The summed E-state index contributed by atoms with van der Waals surface area (Å²) in [5.41, 5.74) is 0. The topological polar surface area (TPSA) is 72.2 Å². The number of rotatable bonds is 2. The second-order valence-electron chi connectivity index (χ2n) is 2.20. The monoisotopic (exact) mass is 268 g/mol. The summed E-state index contributed by atoms with van der Waals surface area (Å²) < 4.78 is 35.6. The van der Waals surface area contributed by atoms with Crippen LogP contribution in [0.5, 0.6) is 0 Å². The third kappa shape index (κ3) is 2.25. The van der Waals surface area contributed by atoms with Crippen LogP contribution < -0.4 is 10.7 Å². The van der Waals surface area contributed by atoms with Gasteiger partial charge in [0.15, 0.2) is 0 Å². The van der Waals surface area contributed by atoms with E-state index < -0.39 is 20.7 Å². The molecule has 0 unspecified atom stereocenters. The number of hydrogen-bond acceptors (Lipinski definition) is 3. The van der Waals surface area contributed by atoms with Crippen LogP contribution in [0, 0.1) is 5.82 Å². The number of hydrogen-bond donors (Lipinski definition) is 2. The van der Waals surface area contributed by atoms with E-state index in [1.165, 1.54) is 10.9 Å². The average molecular weight is 269 g/mol. The smallest absolute Gasteiger partial charge is 0.256 e. The lowest BCUT2D eigenvalue weighted by Gasteiger charge is -2.03. The molecule has 0 spiro atoms. The van der Waals surface area contributed by atoms with Crippen LogP contribution >= 0.6 is 15.9 Å². The molecule has 1 aromatic rings. The molecule has 0 amide bonds. The van der Waals surface area contributed by atoms with E-state index >= 15 is 0 Å². The van der Waals surface area contributed by atoms with E-state index in [1.807, 2.05) is 0 Å². The number of benzene rings is 1. The van der Waals surface area contributed by atoms with Gasteiger partial charge in [-0.25, -0.2) is 12.8 Å². The zero-order valence-electron chi connectivity index (χ0n) is 6.29. The minimum absolute atomic E-state index is 0.461. The summed E-state index contributed by atoms with van der Waals surface area (Å²) >= 11 is 3.02. The standard InChI is InChI=1S/C6H6BrFN2O2S/c7-4-1-2-5(8)6(3-4)13(11,12)10-9/h1-3,10H,9H2. The van der Waals surface area contributed by atoms with E-state index in [-0.39, 0.29) is 0 Å². The summed E-state index contributed by atoms with van der Waals surface area (Å²) in [6, 6.07) is 3.56. The van der Waals surface area contributed by atoms with Gasteiger partial charge in [0, 0.05) is 4.47 Å². The van der Waals surface area contributed by atoms with Gasteiger partial charge < -0.3 is 0 Å². The van der Waals surface area contributed by atoms with Crippen LogP contribution in [-0.4, -0.2) is 8.42 Å². The Morgan fingerprint density at radius 1 is 1.46 bits per heavy atom. The maximum Gasteiger partial charge on any atom is 0.256 e. The molecule has 4 nitrogen and oxygen atoms in total. The summed E-state index contributed by atoms with van der Waals surface area (Å²) in [6.07, 6.45) is 0. The number of nitrogens with one attached hydrogen (secondary N) is 1. The van der Waals surface area contributed by atoms with Gasteiger partial charge in [-0.1, -0.05) is 15.9 Å². The quantitative estimate of drug-likeness (QED) is 0.614. The van der Waals surface area contributed by atoms with E-state index in [0.717, 1.165) is 12.1 Å². The van der Waals surface area contributed by atoms with Crippen molar-refractivity contribution < 1.29 is 12.8 Å². The van der Waals surface area contributed by atoms with Crippen LogP contribution in [0.1, 0.15) is 0 Å². The van der Waals surface area contributed by atoms with Crippen molar-refractivity contribution in [2.75, 3.05) is 0 Å². The van der Waals surface area contributed by atoms with Gasteiger partial charge in [0.1, 0.15) is 10.7 Å². The third-order valence-corrected chi connectivity index (χ3v) is 3.03. The molecule has 0 aliphatic heterocycles. The van der Waals surface area contributed by atoms with Gasteiger partial charge in [-0.3, -0.25) is 5.84 Å². The van der Waals surface area contributed by atoms with Crippen molar-refractivity contribution in [1.29, 1.82) is 0 Å². The average Bonchev–Trinajstić information content (AvgIpc) is 2.09. The summed E-state index contributed by atoms with van der Waals surface area (Å²) in [7, 11) is -3.93. The van der Waals surface area contributed by atoms with E-state index in [9.17, 15) is 12.8 Å². The van der Waals surface area contributed by atoms with Crippen LogP contribution in [0.25, 0.3) is 0 Å². The molecule has 1 aromatic carbocycles. The van der Waals surface area contributed by atoms with Crippen molar-refractivity contribution in [3.05, 3.63) is 28.5 Å². The van der Waals surface area contributed by atoms with Crippen LogP contribution in [0.15, 0.2) is 27.6 Å². The van der Waals surface area contributed by atoms with Crippen molar-refractivity contribution in [3.63, 3.8) is 0 Å². The lowest BCUT2D eigenvalue weighted by molar-refractivity contribution is 0.558. The number of nitrogens with two attached hydrogens (primary N) is 1. The fourth-order valence-corrected chi connectivity index (χ4v) is 1.99. The molecule has 1 rings (SSSR count). The molecule has 0 aromatic heterocycles. The predicted molar refractivity (Wildman–Crippen MR) is 48.6 cm³/mol. The van der Waals surface area contributed by atoms with Crippen molar-refractivity contribution >= 4 is 26.0 Å². The normalized spacial score (nSPS) is 11.6. The Kier molecular flexibility index (Phi) is 3.01. The fourth-order valence-electron chi connectivity index (χ4n) is 0.747. The maximum absolute atomic E-state index is 13.0. The van der Waals surface area contributed by atoms with E-state index in [2.05, 4.69) is 15.9 Å². The number of halogens is 2. The zero-order valence-corrected chi connectivity index (χ0v) is 8.69. The molecule has 0 heterocycles. The van der Waals surface area contributed by atoms with Crippen molar-refractivity contribution in [2.24, 2.45) is 5.84 Å². The van der Waals surface area contributed by atoms with Gasteiger partial charge >= 0.3 is 0 Å². The van der Waals surface area contributed by atoms with Crippen molar-refractivity contribution in [1.82, 2.24) is 4.83 Å². The van der Waals surface area contributed by atoms with Gasteiger partial charge in [0.05, 0.1) is 0 Å². The molecule has 0 saturated heterocycles. The Morgan fingerprint density at radius 2 is 2.08 bits per heavy atom. The Bertz CT molecular complexity index is 421. The predicted octanol–water partition coefficient (Wildman–Crippen LogP) is 0.740. The Labute approximate surface area is 83.1 Å². The van der Waals surface area contributed by atoms with Crippen LogP contribution in [0.3, 0.4) is 0 Å². The molecule has 0 radical (unpaired) electrons. The molecule has 0 bridgehead atoms. The SMILES string of the molecule is NNS(=O)(=O)c1cc(Br)ccc1F. The van der Waals surface area contributed by atoms with Crippen molar-refractivity contribution in [2.45, 2.75) is 4.90 Å². The summed E-state index contributed by atoms with van der Waals surface area (Å²) in [6.45, 7) is 0. The first kappa shape index (κ1) is 10.6. The highest BCUT2D eigenvalue weighted by Crippen LogP contribution is 2.19. The molecule has 72 valence electrons. The maximum atomic E-state index is 13.0. The van der Waals surface area contributed by atoms with Gasteiger partial charge in [-0.05, 0) is 18.2 Å². The molecule has 0 aliphatic carbocycles. The molecule has 0 saturated carbocycles. The van der Waals surface area contributed by atoms with Gasteiger partial charge in [-0.2, -0.15) is 0 Å².